The van der Waals surface area contributed by atoms with Crippen molar-refractivity contribution in [2.45, 2.75) is 6.54 Å². The third-order valence-electron chi connectivity index (χ3n) is 3.26. The van der Waals surface area contributed by atoms with Crippen LogP contribution in [0.3, 0.4) is 0 Å². The maximum atomic E-state index is 12.1. The third kappa shape index (κ3) is 3.52. The smallest absolute Gasteiger partial charge is 0.272 e. The number of hydrogen-bond acceptors (Lipinski definition) is 5. The van der Waals surface area contributed by atoms with Crippen LogP contribution >= 0.6 is 0 Å². The fourth-order valence-electron chi connectivity index (χ4n) is 1.99. The van der Waals surface area contributed by atoms with Crippen molar-refractivity contribution in [1.82, 2.24) is 25.1 Å². The van der Waals surface area contributed by atoms with Gasteiger partial charge >= 0.3 is 0 Å². The van der Waals surface area contributed by atoms with Crippen LogP contribution in [0, 0.1) is 0 Å². The molecule has 23 heavy (non-hydrogen) atoms. The van der Waals surface area contributed by atoms with E-state index in [4.69, 9.17) is 4.74 Å². The van der Waals surface area contributed by atoms with Crippen LogP contribution in [0.25, 0.3) is 5.82 Å². The summed E-state index contributed by atoms with van der Waals surface area (Å²) in [5, 5.41) is 10.8. The first-order valence-corrected chi connectivity index (χ1v) is 6.99. The number of nitrogens with zero attached hydrogens (tertiary/aromatic N) is 4. The number of imidazole rings is 1. The summed E-state index contributed by atoms with van der Waals surface area (Å²) >= 11 is 0. The Balaban J connectivity index is 1.61. The zero-order valence-electron chi connectivity index (χ0n) is 12.5. The Bertz CT molecular complexity index is 767. The molecule has 0 radical (unpaired) electrons. The van der Waals surface area contributed by atoms with Crippen molar-refractivity contribution in [2.24, 2.45) is 0 Å². The summed E-state index contributed by atoms with van der Waals surface area (Å²) in [6, 6.07) is 10.8. The van der Waals surface area contributed by atoms with Gasteiger partial charge in [-0.1, -0.05) is 12.1 Å². The lowest BCUT2D eigenvalue weighted by Gasteiger charge is -2.06. The number of methoxy groups -OCH3 is 1. The maximum Gasteiger partial charge on any atom is 0.272 e. The summed E-state index contributed by atoms with van der Waals surface area (Å²) in [5.41, 5.74) is 1.24. The molecule has 1 amide bonds. The standard InChI is InChI=1S/C16H15N5O2/c1-23-13-4-2-12(3-5-13)10-18-16(22)14-6-7-15(20-19-14)21-9-8-17-11-21/h2-9,11H,10H2,1H3,(H,18,22). The van der Waals surface area contributed by atoms with Crippen LogP contribution in [0.5, 0.6) is 5.75 Å². The van der Waals surface area contributed by atoms with E-state index in [9.17, 15) is 4.79 Å². The van der Waals surface area contributed by atoms with Gasteiger partial charge in [-0.05, 0) is 29.8 Å². The first kappa shape index (κ1) is 14.7. The van der Waals surface area contributed by atoms with E-state index in [-0.39, 0.29) is 11.6 Å². The predicted octanol–water partition coefficient (Wildman–Crippen LogP) is 1.60. The molecule has 116 valence electrons. The van der Waals surface area contributed by atoms with Crippen LogP contribution in [-0.2, 0) is 6.54 Å². The topological polar surface area (TPSA) is 81.9 Å². The van der Waals surface area contributed by atoms with Crippen LogP contribution in [0.4, 0.5) is 0 Å². The SMILES string of the molecule is COc1ccc(CNC(=O)c2ccc(-n3ccnc3)nn2)cc1. The summed E-state index contributed by atoms with van der Waals surface area (Å²) in [4.78, 5) is 16.0. The fourth-order valence-corrected chi connectivity index (χ4v) is 1.99. The number of aromatic nitrogens is 4. The monoisotopic (exact) mass is 309 g/mol. The first-order chi connectivity index (χ1) is 11.3. The number of rotatable bonds is 5. The number of carbonyl (C=O) groups is 1. The van der Waals surface area contributed by atoms with E-state index in [0.29, 0.717) is 12.4 Å². The highest BCUT2D eigenvalue weighted by atomic mass is 16.5. The number of amides is 1. The second-order valence-electron chi connectivity index (χ2n) is 4.78. The van der Waals surface area contributed by atoms with E-state index in [1.54, 1.807) is 42.5 Å². The summed E-state index contributed by atoms with van der Waals surface area (Å²) in [7, 11) is 1.61. The highest BCUT2D eigenvalue weighted by Crippen LogP contribution is 2.11. The van der Waals surface area contributed by atoms with Gasteiger partial charge < -0.3 is 10.1 Å². The number of carbonyl (C=O) groups excluding carboxylic acids is 1. The normalized spacial score (nSPS) is 10.3. The molecule has 7 nitrogen and oxygen atoms in total. The van der Waals surface area contributed by atoms with Crippen molar-refractivity contribution in [3.8, 4) is 11.6 Å². The van der Waals surface area contributed by atoms with Gasteiger partial charge in [0.1, 0.15) is 12.1 Å². The number of hydrogen-bond donors (Lipinski definition) is 1. The first-order valence-electron chi connectivity index (χ1n) is 6.99. The van der Waals surface area contributed by atoms with E-state index in [1.165, 1.54) is 0 Å². The fraction of sp³-hybridized carbons (Fsp3) is 0.125. The van der Waals surface area contributed by atoms with Crippen LogP contribution < -0.4 is 10.1 Å². The van der Waals surface area contributed by atoms with Gasteiger partial charge in [0.25, 0.3) is 5.91 Å². The van der Waals surface area contributed by atoms with Crippen molar-refractivity contribution < 1.29 is 9.53 Å². The van der Waals surface area contributed by atoms with Gasteiger partial charge in [0, 0.05) is 18.9 Å². The maximum absolute atomic E-state index is 12.1. The molecule has 3 rings (SSSR count). The predicted molar refractivity (Wildman–Crippen MR) is 83.3 cm³/mol. The number of benzene rings is 1. The Labute approximate surface area is 133 Å². The molecule has 0 fully saturated rings. The van der Waals surface area contributed by atoms with Gasteiger partial charge in [-0.25, -0.2) is 4.98 Å². The molecular formula is C16H15N5O2. The minimum Gasteiger partial charge on any atom is -0.497 e. The average molecular weight is 309 g/mol. The Kier molecular flexibility index (Phi) is 4.28. The molecule has 0 spiro atoms. The van der Waals surface area contributed by atoms with Crippen molar-refractivity contribution in [3.63, 3.8) is 0 Å². The van der Waals surface area contributed by atoms with Gasteiger partial charge in [-0.2, -0.15) is 0 Å². The number of nitrogens with one attached hydrogen (secondary N) is 1. The summed E-state index contributed by atoms with van der Waals surface area (Å²) < 4.78 is 6.81. The molecule has 1 N–H and O–H groups in total. The van der Waals surface area contributed by atoms with Gasteiger partial charge in [-0.3, -0.25) is 9.36 Å². The second-order valence-corrected chi connectivity index (χ2v) is 4.78. The molecule has 2 heterocycles. The van der Waals surface area contributed by atoms with E-state index in [1.807, 2.05) is 24.3 Å². The molecule has 0 aliphatic heterocycles. The lowest BCUT2D eigenvalue weighted by atomic mass is 10.2. The molecule has 3 aromatic rings. The molecule has 0 bridgehead atoms. The van der Waals surface area contributed by atoms with Gasteiger partial charge in [0.05, 0.1) is 7.11 Å². The molecule has 0 saturated heterocycles. The van der Waals surface area contributed by atoms with Crippen molar-refractivity contribution in [1.29, 1.82) is 0 Å². The quantitative estimate of drug-likeness (QED) is 0.774. The van der Waals surface area contributed by atoms with E-state index < -0.39 is 0 Å². The molecule has 1 aromatic carbocycles. The third-order valence-corrected chi connectivity index (χ3v) is 3.26. The lowest BCUT2D eigenvalue weighted by molar-refractivity contribution is 0.0945. The van der Waals surface area contributed by atoms with Crippen LogP contribution in [0.15, 0.2) is 55.1 Å². The minimum absolute atomic E-state index is 0.266. The minimum atomic E-state index is -0.273. The molecule has 0 aliphatic rings. The van der Waals surface area contributed by atoms with Crippen LogP contribution in [0.1, 0.15) is 16.1 Å². The molecule has 0 saturated carbocycles. The Morgan fingerprint density at radius 2 is 2.00 bits per heavy atom. The van der Waals surface area contributed by atoms with Crippen LogP contribution in [0.2, 0.25) is 0 Å². The van der Waals surface area contributed by atoms with Crippen molar-refractivity contribution >= 4 is 5.91 Å². The molecule has 7 heteroatoms. The van der Waals surface area contributed by atoms with Crippen molar-refractivity contribution in [2.75, 3.05) is 7.11 Å². The Morgan fingerprint density at radius 1 is 1.17 bits per heavy atom. The largest absolute Gasteiger partial charge is 0.497 e. The summed E-state index contributed by atoms with van der Waals surface area (Å²) in [5.74, 6) is 1.11. The molecule has 2 aromatic heterocycles. The Morgan fingerprint density at radius 3 is 2.61 bits per heavy atom. The van der Waals surface area contributed by atoms with Crippen LogP contribution in [-0.4, -0.2) is 32.8 Å². The zero-order valence-corrected chi connectivity index (χ0v) is 12.5. The highest BCUT2D eigenvalue weighted by molar-refractivity contribution is 5.92. The van der Waals surface area contributed by atoms with Crippen molar-refractivity contribution in [3.05, 3.63) is 66.4 Å². The average Bonchev–Trinajstić information content (AvgIpc) is 3.15. The zero-order chi connectivity index (χ0) is 16.1. The molecular weight excluding hydrogens is 294 g/mol. The second kappa shape index (κ2) is 6.69. The molecule has 0 aliphatic carbocycles. The van der Waals surface area contributed by atoms with Gasteiger partial charge in [-0.15, -0.1) is 10.2 Å². The Hall–Kier alpha value is -3.22. The van der Waals surface area contributed by atoms with E-state index in [2.05, 4.69) is 20.5 Å². The van der Waals surface area contributed by atoms with Gasteiger partial charge in [0.2, 0.25) is 0 Å². The molecule has 0 unspecified atom stereocenters. The van der Waals surface area contributed by atoms with E-state index in [0.717, 1.165) is 11.3 Å². The van der Waals surface area contributed by atoms with E-state index >= 15 is 0 Å². The highest BCUT2D eigenvalue weighted by Gasteiger charge is 2.08. The molecule has 0 atom stereocenters. The number of ether oxygens (including phenoxy) is 1. The van der Waals surface area contributed by atoms with Gasteiger partial charge in [0.15, 0.2) is 11.5 Å². The summed E-state index contributed by atoms with van der Waals surface area (Å²) in [6.45, 7) is 0.410. The lowest BCUT2D eigenvalue weighted by Crippen LogP contribution is -2.24. The summed E-state index contributed by atoms with van der Waals surface area (Å²) in [6.07, 6.45) is 5.03.